The Morgan fingerprint density at radius 1 is 1.41 bits per heavy atom. The van der Waals surface area contributed by atoms with E-state index in [9.17, 15) is 18.3 Å². The van der Waals surface area contributed by atoms with Gasteiger partial charge in [0.2, 0.25) is 5.91 Å². The maximum atomic E-state index is 12.0. The van der Waals surface area contributed by atoms with Gasteiger partial charge in [-0.2, -0.15) is 0 Å². The zero-order chi connectivity index (χ0) is 13.3. The minimum absolute atomic E-state index is 0.0970. The molecule has 6 heteroatoms. The first kappa shape index (κ1) is 14.4. The fourth-order valence-electron chi connectivity index (χ4n) is 2.14. The molecule has 1 atom stereocenters. The first-order valence-electron chi connectivity index (χ1n) is 5.82. The molecule has 1 fully saturated rings. The van der Waals surface area contributed by atoms with Gasteiger partial charge in [0, 0.05) is 13.6 Å². The van der Waals surface area contributed by atoms with Crippen molar-refractivity contribution in [2.75, 3.05) is 19.3 Å². The van der Waals surface area contributed by atoms with Gasteiger partial charge in [0.1, 0.15) is 5.25 Å². The number of rotatable bonds is 3. The van der Waals surface area contributed by atoms with E-state index in [0.29, 0.717) is 12.8 Å². The number of hydrogen-bond acceptors (Lipinski definition) is 4. The molecular weight excluding hydrogens is 242 g/mol. The third-order valence-corrected chi connectivity index (χ3v) is 5.02. The van der Waals surface area contributed by atoms with Crippen LogP contribution in [-0.2, 0) is 14.6 Å². The van der Waals surface area contributed by atoms with Crippen molar-refractivity contribution >= 4 is 15.7 Å². The maximum absolute atomic E-state index is 12.0. The Kier molecular flexibility index (Phi) is 4.19. The molecule has 1 unspecified atom stereocenters. The molecule has 0 aliphatic carbocycles. The number of hydrogen-bond donors (Lipinski definition) is 1. The second-order valence-electron chi connectivity index (χ2n) is 5.36. The van der Waals surface area contributed by atoms with Crippen molar-refractivity contribution < 1.29 is 18.3 Å². The van der Waals surface area contributed by atoms with Crippen molar-refractivity contribution in [2.24, 2.45) is 0 Å². The van der Waals surface area contributed by atoms with Crippen LogP contribution in [0.4, 0.5) is 0 Å². The minimum atomic E-state index is -3.30. The van der Waals surface area contributed by atoms with E-state index < -0.39 is 26.6 Å². The molecule has 0 aromatic carbocycles. The molecule has 100 valence electrons. The molecule has 1 heterocycles. The fraction of sp³-hybridized carbons (Fsp3) is 0.909. The van der Waals surface area contributed by atoms with Crippen LogP contribution in [0, 0.1) is 0 Å². The van der Waals surface area contributed by atoms with Gasteiger partial charge >= 0.3 is 0 Å². The number of amides is 1. The third kappa shape index (κ3) is 3.96. The molecule has 0 radical (unpaired) electrons. The lowest BCUT2D eigenvalue weighted by atomic mass is 10.1. The van der Waals surface area contributed by atoms with Crippen LogP contribution < -0.4 is 0 Å². The Hall–Kier alpha value is -0.620. The third-order valence-electron chi connectivity index (χ3n) is 2.85. The van der Waals surface area contributed by atoms with Crippen molar-refractivity contribution in [1.29, 1.82) is 0 Å². The van der Waals surface area contributed by atoms with Gasteiger partial charge in [-0.05, 0) is 26.7 Å². The highest BCUT2D eigenvalue weighted by Gasteiger charge is 2.37. The summed E-state index contributed by atoms with van der Waals surface area (Å²) in [5, 5.41) is 8.71. The molecule has 0 saturated carbocycles. The molecule has 1 amide bonds. The number of sulfone groups is 1. The summed E-state index contributed by atoms with van der Waals surface area (Å²) in [6, 6.07) is 0. The summed E-state index contributed by atoms with van der Waals surface area (Å²) >= 11 is 0. The highest BCUT2D eigenvalue weighted by Crippen LogP contribution is 2.21. The first-order chi connectivity index (χ1) is 7.63. The summed E-state index contributed by atoms with van der Waals surface area (Å²) in [7, 11) is -1.76. The van der Waals surface area contributed by atoms with Crippen molar-refractivity contribution in [3.63, 3.8) is 0 Å². The van der Waals surface area contributed by atoms with Crippen molar-refractivity contribution in [1.82, 2.24) is 4.90 Å². The number of likely N-dealkylation sites (N-methyl/N-ethyl adjacent to an activating group) is 1. The standard InChI is InChI=1S/C11H21NO4S/c1-11(2,14)8-12(3)10(13)9-6-4-5-7-17(9,15)16/h9,14H,4-8H2,1-3H3. The van der Waals surface area contributed by atoms with Gasteiger partial charge < -0.3 is 10.0 Å². The van der Waals surface area contributed by atoms with Gasteiger partial charge in [-0.15, -0.1) is 0 Å². The molecule has 0 spiro atoms. The molecule has 1 aliphatic heterocycles. The SMILES string of the molecule is CN(CC(C)(C)O)C(=O)C1CCCCS1(=O)=O. The van der Waals surface area contributed by atoms with Crippen LogP contribution in [0.15, 0.2) is 0 Å². The normalized spacial score (nSPS) is 24.4. The van der Waals surface area contributed by atoms with Gasteiger partial charge in [0.15, 0.2) is 9.84 Å². The van der Waals surface area contributed by atoms with E-state index in [1.807, 2.05) is 0 Å². The highest BCUT2D eigenvalue weighted by molar-refractivity contribution is 7.92. The predicted molar refractivity (Wildman–Crippen MR) is 65.4 cm³/mol. The predicted octanol–water partition coefficient (Wildman–Crippen LogP) is 0.183. The van der Waals surface area contributed by atoms with Crippen LogP contribution in [0.3, 0.4) is 0 Å². The quantitative estimate of drug-likeness (QED) is 0.788. The average Bonchev–Trinajstić information content (AvgIpc) is 2.13. The lowest BCUT2D eigenvalue weighted by Crippen LogP contribution is -2.48. The number of carbonyl (C=O) groups is 1. The van der Waals surface area contributed by atoms with Crippen LogP contribution in [0.25, 0.3) is 0 Å². The monoisotopic (exact) mass is 263 g/mol. The minimum Gasteiger partial charge on any atom is -0.389 e. The topological polar surface area (TPSA) is 74.7 Å². The van der Waals surface area contributed by atoms with Crippen LogP contribution in [0.1, 0.15) is 33.1 Å². The molecule has 1 rings (SSSR count). The first-order valence-corrected chi connectivity index (χ1v) is 7.54. The van der Waals surface area contributed by atoms with Gasteiger partial charge in [-0.3, -0.25) is 4.79 Å². The van der Waals surface area contributed by atoms with E-state index in [1.165, 1.54) is 11.9 Å². The summed E-state index contributed by atoms with van der Waals surface area (Å²) in [5.41, 5.74) is -1.01. The Bertz CT molecular complexity index is 383. The summed E-state index contributed by atoms with van der Waals surface area (Å²) < 4.78 is 23.6. The van der Waals surface area contributed by atoms with E-state index in [-0.39, 0.29) is 12.3 Å². The van der Waals surface area contributed by atoms with E-state index in [0.717, 1.165) is 6.42 Å². The fourth-order valence-corrected chi connectivity index (χ4v) is 4.04. The van der Waals surface area contributed by atoms with Gasteiger partial charge in [0.05, 0.1) is 11.4 Å². The zero-order valence-electron chi connectivity index (χ0n) is 10.6. The Labute approximate surface area is 103 Å². The lowest BCUT2D eigenvalue weighted by molar-refractivity contribution is -0.132. The van der Waals surface area contributed by atoms with Gasteiger partial charge in [0.25, 0.3) is 0 Å². The maximum Gasteiger partial charge on any atom is 0.240 e. The molecular formula is C11H21NO4S. The molecule has 1 saturated heterocycles. The van der Waals surface area contributed by atoms with Crippen LogP contribution in [0.5, 0.6) is 0 Å². The molecule has 0 aromatic heterocycles. The van der Waals surface area contributed by atoms with E-state index >= 15 is 0 Å². The average molecular weight is 263 g/mol. The van der Waals surface area contributed by atoms with Crippen molar-refractivity contribution in [3.8, 4) is 0 Å². The Morgan fingerprint density at radius 2 is 2.00 bits per heavy atom. The summed E-state index contributed by atoms with van der Waals surface area (Å²) in [6.45, 7) is 3.32. The molecule has 0 aromatic rings. The van der Waals surface area contributed by atoms with Gasteiger partial charge in [-0.1, -0.05) is 6.42 Å². The van der Waals surface area contributed by atoms with E-state index in [4.69, 9.17) is 0 Å². The highest BCUT2D eigenvalue weighted by atomic mass is 32.2. The number of nitrogens with zero attached hydrogens (tertiary/aromatic N) is 1. The second kappa shape index (κ2) is 4.94. The largest absolute Gasteiger partial charge is 0.389 e. The van der Waals surface area contributed by atoms with Crippen LogP contribution >= 0.6 is 0 Å². The van der Waals surface area contributed by atoms with Crippen molar-refractivity contribution in [3.05, 3.63) is 0 Å². The smallest absolute Gasteiger partial charge is 0.240 e. The molecule has 5 nitrogen and oxygen atoms in total. The van der Waals surface area contributed by atoms with Gasteiger partial charge in [-0.25, -0.2) is 8.42 Å². The Morgan fingerprint density at radius 3 is 2.47 bits per heavy atom. The molecule has 17 heavy (non-hydrogen) atoms. The summed E-state index contributed by atoms with van der Waals surface area (Å²) in [5.74, 6) is -0.299. The summed E-state index contributed by atoms with van der Waals surface area (Å²) in [4.78, 5) is 13.3. The lowest BCUT2D eigenvalue weighted by Gasteiger charge is -2.30. The molecule has 1 aliphatic rings. The Balaban J connectivity index is 2.75. The van der Waals surface area contributed by atoms with Crippen LogP contribution in [-0.4, -0.2) is 54.5 Å². The zero-order valence-corrected chi connectivity index (χ0v) is 11.5. The summed E-state index contributed by atoms with van der Waals surface area (Å²) in [6.07, 6.45) is 1.81. The molecule has 1 N–H and O–H groups in total. The molecule has 0 bridgehead atoms. The second-order valence-corrected chi connectivity index (χ2v) is 7.66. The van der Waals surface area contributed by atoms with Crippen LogP contribution in [0.2, 0.25) is 0 Å². The number of carbonyl (C=O) groups excluding carboxylic acids is 1. The van der Waals surface area contributed by atoms with E-state index in [1.54, 1.807) is 13.8 Å². The van der Waals surface area contributed by atoms with E-state index in [2.05, 4.69) is 0 Å². The van der Waals surface area contributed by atoms with Crippen molar-refractivity contribution in [2.45, 2.75) is 44.0 Å². The number of aliphatic hydroxyl groups is 1.